The van der Waals surface area contributed by atoms with E-state index in [0.29, 0.717) is 4.90 Å². The molecule has 16 heavy (non-hydrogen) atoms. The van der Waals surface area contributed by atoms with Crippen LogP contribution in [0.3, 0.4) is 0 Å². The highest BCUT2D eigenvalue weighted by molar-refractivity contribution is 8.68. The molecule has 1 aromatic carbocycles. The normalized spacial score (nSPS) is 12.6. The van der Waals surface area contributed by atoms with Gasteiger partial charge in [-0.2, -0.15) is 0 Å². The number of hydrogen-bond donors (Lipinski definition) is 2. The summed E-state index contributed by atoms with van der Waals surface area (Å²) in [6.07, 6.45) is 0. The van der Waals surface area contributed by atoms with Crippen LogP contribution in [0.15, 0.2) is 45.5 Å². The molecule has 0 radical (unpaired) electrons. The van der Waals surface area contributed by atoms with E-state index in [9.17, 15) is 4.21 Å². The van der Waals surface area contributed by atoms with Crippen LogP contribution in [-0.4, -0.2) is 8.76 Å². The average molecular weight is 288 g/mol. The van der Waals surface area contributed by atoms with E-state index in [0.717, 1.165) is 15.3 Å². The lowest BCUT2D eigenvalue weighted by Crippen LogP contribution is -1.82. The number of thiophene rings is 1. The summed E-state index contributed by atoms with van der Waals surface area (Å²) in [7, 11) is 1.37. The van der Waals surface area contributed by atoms with Crippen LogP contribution in [0.4, 0.5) is 0 Å². The summed E-state index contributed by atoms with van der Waals surface area (Å²) in [6.45, 7) is 0. The standard InChI is InChI=1S/C10H8O2S4/c11-16(12)7-5-10(14-6-7)8-3-1-2-4-9(8)15-13/h1-6,13H,(H,11,12). The van der Waals surface area contributed by atoms with Gasteiger partial charge in [0.1, 0.15) is 0 Å². The highest BCUT2D eigenvalue weighted by Crippen LogP contribution is 2.36. The third-order valence-electron chi connectivity index (χ3n) is 2.03. The molecule has 1 unspecified atom stereocenters. The van der Waals surface area contributed by atoms with Gasteiger partial charge in [0.15, 0.2) is 11.1 Å². The van der Waals surface area contributed by atoms with Gasteiger partial charge in [-0.1, -0.05) is 29.0 Å². The number of hydrogen-bond acceptors (Lipinski definition) is 4. The fourth-order valence-corrected chi connectivity index (χ4v) is 3.84. The topological polar surface area (TPSA) is 37.3 Å². The zero-order chi connectivity index (χ0) is 11.5. The van der Waals surface area contributed by atoms with Gasteiger partial charge >= 0.3 is 0 Å². The third-order valence-corrected chi connectivity index (χ3v) is 4.92. The lowest BCUT2D eigenvalue weighted by Gasteiger charge is -2.02. The van der Waals surface area contributed by atoms with Gasteiger partial charge in [0.25, 0.3) is 0 Å². The fourth-order valence-electron chi connectivity index (χ4n) is 1.30. The summed E-state index contributed by atoms with van der Waals surface area (Å²) < 4.78 is 19.9. The maximum Gasteiger partial charge on any atom is 0.187 e. The maximum absolute atomic E-state index is 10.9. The Labute approximate surface area is 109 Å². The van der Waals surface area contributed by atoms with Crippen LogP contribution in [0, 0.1) is 0 Å². The summed E-state index contributed by atoms with van der Waals surface area (Å²) in [5, 5.41) is 1.70. The zero-order valence-corrected chi connectivity index (χ0v) is 11.3. The van der Waals surface area contributed by atoms with E-state index >= 15 is 0 Å². The van der Waals surface area contributed by atoms with Crippen molar-refractivity contribution in [1.82, 2.24) is 0 Å². The molecule has 0 aliphatic heterocycles. The van der Waals surface area contributed by atoms with Gasteiger partial charge in [0.2, 0.25) is 0 Å². The average Bonchev–Trinajstić information content (AvgIpc) is 2.78. The lowest BCUT2D eigenvalue weighted by molar-refractivity contribution is 0.565. The molecule has 2 nitrogen and oxygen atoms in total. The molecule has 1 N–H and O–H groups in total. The largest absolute Gasteiger partial charge is 0.302 e. The molecule has 2 aromatic rings. The van der Waals surface area contributed by atoms with Crippen molar-refractivity contribution in [2.24, 2.45) is 0 Å². The number of thiol groups is 1. The minimum Gasteiger partial charge on any atom is -0.302 e. The van der Waals surface area contributed by atoms with Gasteiger partial charge in [-0.25, -0.2) is 4.21 Å². The highest BCUT2D eigenvalue weighted by atomic mass is 33.1. The molecule has 84 valence electrons. The first-order valence-electron chi connectivity index (χ1n) is 4.32. The molecule has 1 aromatic heterocycles. The minimum atomic E-state index is -1.91. The molecule has 0 fully saturated rings. The molecule has 0 aliphatic rings. The van der Waals surface area contributed by atoms with Crippen molar-refractivity contribution in [1.29, 1.82) is 0 Å². The second-order valence-electron chi connectivity index (χ2n) is 2.98. The summed E-state index contributed by atoms with van der Waals surface area (Å²) in [4.78, 5) is 2.47. The predicted molar refractivity (Wildman–Crippen MR) is 73.6 cm³/mol. The Morgan fingerprint density at radius 2 is 2.12 bits per heavy atom. The zero-order valence-electron chi connectivity index (χ0n) is 7.99. The van der Waals surface area contributed by atoms with Gasteiger partial charge in [-0.05, 0) is 12.1 Å². The lowest BCUT2D eigenvalue weighted by atomic mass is 10.2. The Bertz CT molecular complexity index is 521. The van der Waals surface area contributed by atoms with Crippen LogP contribution < -0.4 is 0 Å². The summed E-state index contributed by atoms with van der Waals surface area (Å²) in [5.74, 6) is 0. The Kier molecular flexibility index (Phi) is 4.10. The second-order valence-corrected chi connectivity index (χ2v) is 6.03. The molecule has 0 saturated heterocycles. The van der Waals surface area contributed by atoms with E-state index in [4.69, 9.17) is 4.55 Å². The van der Waals surface area contributed by atoms with Gasteiger partial charge in [0, 0.05) is 20.7 Å². The van der Waals surface area contributed by atoms with E-state index in [1.54, 1.807) is 11.4 Å². The molecular weight excluding hydrogens is 280 g/mol. The molecule has 1 heterocycles. The quantitative estimate of drug-likeness (QED) is 0.510. The van der Waals surface area contributed by atoms with E-state index in [-0.39, 0.29) is 0 Å². The first kappa shape index (κ1) is 12.2. The Balaban J connectivity index is 2.46. The molecule has 0 bridgehead atoms. The molecule has 0 amide bonds. The van der Waals surface area contributed by atoms with Crippen molar-refractivity contribution in [3.05, 3.63) is 35.7 Å². The van der Waals surface area contributed by atoms with Crippen molar-refractivity contribution in [2.45, 2.75) is 9.79 Å². The van der Waals surface area contributed by atoms with E-state index in [1.807, 2.05) is 24.3 Å². The number of benzene rings is 1. The van der Waals surface area contributed by atoms with Crippen LogP contribution in [0.25, 0.3) is 10.4 Å². The van der Waals surface area contributed by atoms with Crippen LogP contribution in [0.1, 0.15) is 0 Å². The molecule has 1 atom stereocenters. The van der Waals surface area contributed by atoms with Gasteiger partial charge in [0.05, 0.1) is 4.90 Å². The Morgan fingerprint density at radius 3 is 2.75 bits per heavy atom. The molecule has 0 aliphatic carbocycles. The molecular formula is C10H8O2S4. The van der Waals surface area contributed by atoms with Crippen molar-refractivity contribution in [3.8, 4) is 10.4 Å². The van der Waals surface area contributed by atoms with Gasteiger partial charge in [-0.3, -0.25) is 0 Å². The third kappa shape index (κ3) is 2.52. The highest BCUT2D eigenvalue weighted by Gasteiger charge is 2.09. The SMILES string of the molecule is O=S(O)c1csc(-c2ccccc2SS)c1. The van der Waals surface area contributed by atoms with Crippen molar-refractivity contribution in [3.63, 3.8) is 0 Å². The molecule has 0 saturated carbocycles. The maximum atomic E-state index is 10.9. The molecule has 2 rings (SSSR count). The van der Waals surface area contributed by atoms with Crippen LogP contribution in [0.5, 0.6) is 0 Å². The Hall–Kier alpha value is -0.270. The summed E-state index contributed by atoms with van der Waals surface area (Å²) >= 11 is 3.74. The monoisotopic (exact) mass is 288 g/mol. The summed E-state index contributed by atoms with van der Waals surface area (Å²) in [6, 6.07) is 9.58. The smallest absolute Gasteiger partial charge is 0.187 e. The van der Waals surface area contributed by atoms with Crippen LogP contribution >= 0.6 is 33.8 Å². The first-order chi connectivity index (χ1) is 7.72. The predicted octanol–water partition coefficient (Wildman–Crippen LogP) is 3.93. The van der Waals surface area contributed by atoms with Crippen LogP contribution in [-0.2, 0) is 11.1 Å². The second kappa shape index (κ2) is 5.37. The van der Waals surface area contributed by atoms with Gasteiger partial charge in [-0.15, -0.1) is 23.0 Å². The number of rotatable bonds is 3. The molecule has 6 heteroatoms. The van der Waals surface area contributed by atoms with Crippen molar-refractivity contribution in [2.75, 3.05) is 0 Å². The van der Waals surface area contributed by atoms with E-state index in [2.05, 4.69) is 11.7 Å². The van der Waals surface area contributed by atoms with Crippen molar-refractivity contribution >= 4 is 44.9 Å². The Morgan fingerprint density at radius 1 is 1.38 bits per heavy atom. The molecule has 0 spiro atoms. The van der Waals surface area contributed by atoms with Crippen LogP contribution in [0.2, 0.25) is 0 Å². The van der Waals surface area contributed by atoms with Crippen molar-refractivity contribution < 1.29 is 8.76 Å². The first-order valence-corrected chi connectivity index (χ1v) is 8.18. The fraction of sp³-hybridized carbons (Fsp3) is 0. The van der Waals surface area contributed by atoms with Gasteiger partial charge < -0.3 is 4.55 Å². The summed E-state index contributed by atoms with van der Waals surface area (Å²) in [5.41, 5.74) is 1.05. The van der Waals surface area contributed by atoms with E-state index < -0.39 is 11.1 Å². The minimum absolute atomic E-state index is 0.443. The van der Waals surface area contributed by atoms with E-state index in [1.165, 1.54) is 22.1 Å².